The standard InChI is InChI=1S/C20H19N3O6/c1-13(19(25)21-16-5-2-3-6-17(16)23(27)28)29-20(26)14-8-10-15(11-9-14)22-12-4-7-18(22)24/h2-3,5-6,8-11,13H,4,7,12H2,1H3,(H,21,25)/t13-/m1/s1. The molecule has 3 rings (SSSR count). The van der Waals surface area contributed by atoms with E-state index in [1.807, 2.05) is 0 Å². The van der Waals surface area contributed by atoms with Gasteiger partial charge in [-0.1, -0.05) is 12.1 Å². The number of nitro groups is 1. The quantitative estimate of drug-likeness (QED) is 0.455. The van der Waals surface area contributed by atoms with Gasteiger partial charge in [-0.2, -0.15) is 0 Å². The molecule has 1 saturated heterocycles. The van der Waals surface area contributed by atoms with Gasteiger partial charge in [0.25, 0.3) is 11.6 Å². The van der Waals surface area contributed by atoms with Gasteiger partial charge < -0.3 is 15.0 Å². The van der Waals surface area contributed by atoms with Gasteiger partial charge in [0.1, 0.15) is 5.69 Å². The molecule has 0 aromatic heterocycles. The summed E-state index contributed by atoms with van der Waals surface area (Å²) < 4.78 is 5.16. The third kappa shape index (κ3) is 4.57. The van der Waals surface area contributed by atoms with E-state index in [1.165, 1.54) is 37.3 Å². The van der Waals surface area contributed by atoms with Crippen molar-refractivity contribution in [2.75, 3.05) is 16.8 Å². The van der Waals surface area contributed by atoms with Crippen LogP contribution in [0.3, 0.4) is 0 Å². The van der Waals surface area contributed by atoms with E-state index in [0.29, 0.717) is 18.7 Å². The number of anilines is 2. The van der Waals surface area contributed by atoms with Gasteiger partial charge in [0.2, 0.25) is 5.91 Å². The Morgan fingerprint density at radius 2 is 1.86 bits per heavy atom. The minimum Gasteiger partial charge on any atom is -0.449 e. The number of carbonyl (C=O) groups is 3. The highest BCUT2D eigenvalue weighted by atomic mass is 16.6. The van der Waals surface area contributed by atoms with E-state index >= 15 is 0 Å². The fourth-order valence-electron chi connectivity index (χ4n) is 2.95. The van der Waals surface area contributed by atoms with E-state index < -0.39 is 22.9 Å². The molecule has 9 heteroatoms. The first-order chi connectivity index (χ1) is 13.9. The minimum absolute atomic E-state index is 0.0185. The van der Waals surface area contributed by atoms with Gasteiger partial charge in [0.15, 0.2) is 6.10 Å². The molecule has 150 valence electrons. The lowest BCUT2D eigenvalue weighted by Gasteiger charge is -2.16. The second-order valence-corrected chi connectivity index (χ2v) is 6.51. The number of amides is 2. The van der Waals surface area contributed by atoms with Crippen molar-refractivity contribution >= 4 is 34.8 Å². The second kappa shape index (κ2) is 8.51. The average molecular weight is 397 g/mol. The topological polar surface area (TPSA) is 119 Å². The van der Waals surface area contributed by atoms with Gasteiger partial charge >= 0.3 is 5.97 Å². The van der Waals surface area contributed by atoms with Crippen molar-refractivity contribution in [3.8, 4) is 0 Å². The van der Waals surface area contributed by atoms with Crippen molar-refractivity contribution < 1.29 is 24.0 Å². The fraction of sp³-hybridized carbons (Fsp3) is 0.250. The van der Waals surface area contributed by atoms with Crippen molar-refractivity contribution in [2.24, 2.45) is 0 Å². The lowest BCUT2D eigenvalue weighted by Crippen LogP contribution is -2.30. The van der Waals surface area contributed by atoms with Crippen LogP contribution in [-0.4, -0.2) is 35.4 Å². The van der Waals surface area contributed by atoms with Crippen LogP contribution in [0.15, 0.2) is 48.5 Å². The van der Waals surface area contributed by atoms with E-state index in [4.69, 9.17) is 4.74 Å². The number of para-hydroxylation sites is 2. The van der Waals surface area contributed by atoms with Crippen LogP contribution >= 0.6 is 0 Å². The summed E-state index contributed by atoms with van der Waals surface area (Å²) in [5, 5.41) is 13.4. The maximum atomic E-state index is 12.3. The van der Waals surface area contributed by atoms with E-state index in [-0.39, 0.29) is 22.8 Å². The molecule has 0 spiro atoms. The summed E-state index contributed by atoms with van der Waals surface area (Å²) >= 11 is 0. The Morgan fingerprint density at radius 1 is 1.17 bits per heavy atom. The molecule has 0 bridgehead atoms. The molecule has 1 N–H and O–H groups in total. The van der Waals surface area contributed by atoms with Crippen LogP contribution < -0.4 is 10.2 Å². The molecule has 0 aliphatic carbocycles. The van der Waals surface area contributed by atoms with Gasteiger partial charge in [-0.3, -0.25) is 19.7 Å². The summed E-state index contributed by atoms with van der Waals surface area (Å²) in [5.74, 6) is -1.36. The lowest BCUT2D eigenvalue weighted by molar-refractivity contribution is -0.383. The first-order valence-electron chi connectivity index (χ1n) is 9.02. The Morgan fingerprint density at radius 3 is 2.48 bits per heavy atom. The van der Waals surface area contributed by atoms with Crippen LogP contribution in [0.25, 0.3) is 0 Å². The summed E-state index contributed by atoms with van der Waals surface area (Å²) in [4.78, 5) is 48.4. The van der Waals surface area contributed by atoms with Crippen LogP contribution in [0, 0.1) is 10.1 Å². The first kappa shape index (κ1) is 20.0. The van der Waals surface area contributed by atoms with Gasteiger partial charge in [0, 0.05) is 24.7 Å². The van der Waals surface area contributed by atoms with Gasteiger partial charge in [-0.15, -0.1) is 0 Å². The summed E-state index contributed by atoms with van der Waals surface area (Å²) in [6.45, 7) is 2.02. The molecule has 0 saturated carbocycles. The van der Waals surface area contributed by atoms with Crippen molar-refractivity contribution in [3.63, 3.8) is 0 Å². The van der Waals surface area contributed by atoms with Crippen molar-refractivity contribution in [1.29, 1.82) is 0 Å². The number of rotatable bonds is 6. The average Bonchev–Trinajstić information content (AvgIpc) is 3.14. The van der Waals surface area contributed by atoms with E-state index in [0.717, 1.165) is 6.42 Å². The number of nitrogens with one attached hydrogen (secondary N) is 1. The summed E-state index contributed by atoms with van der Waals surface area (Å²) in [6, 6.07) is 12.0. The van der Waals surface area contributed by atoms with E-state index in [2.05, 4.69) is 5.32 Å². The Kier molecular flexibility index (Phi) is 5.87. The Labute approximate surface area is 166 Å². The number of esters is 1. The SMILES string of the molecule is C[C@@H](OC(=O)c1ccc(N2CCCC2=O)cc1)C(=O)Nc1ccccc1[N+](=O)[O-]. The number of nitrogens with zero attached hydrogens (tertiary/aromatic N) is 2. The normalized spacial score (nSPS) is 14.4. The molecule has 0 radical (unpaired) electrons. The van der Waals surface area contributed by atoms with E-state index in [1.54, 1.807) is 23.1 Å². The monoisotopic (exact) mass is 397 g/mol. The zero-order chi connectivity index (χ0) is 21.0. The smallest absolute Gasteiger partial charge is 0.338 e. The van der Waals surface area contributed by atoms with E-state index in [9.17, 15) is 24.5 Å². The summed E-state index contributed by atoms with van der Waals surface area (Å²) in [6.07, 6.45) is 0.146. The fourth-order valence-corrected chi connectivity index (χ4v) is 2.95. The molecule has 2 amide bonds. The molecule has 9 nitrogen and oxygen atoms in total. The van der Waals surface area contributed by atoms with Crippen LogP contribution in [-0.2, 0) is 14.3 Å². The van der Waals surface area contributed by atoms with Crippen LogP contribution in [0.5, 0.6) is 0 Å². The maximum absolute atomic E-state index is 12.3. The number of carbonyl (C=O) groups excluding carboxylic acids is 3. The molecule has 29 heavy (non-hydrogen) atoms. The predicted molar refractivity (Wildman–Crippen MR) is 105 cm³/mol. The molecular weight excluding hydrogens is 378 g/mol. The number of hydrogen-bond acceptors (Lipinski definition) is 6. The highest BCUT2D eigenvalue weighted by Gasteiger charge is 2.24. The lowest BCUT2D eigenvalue weighted by atomic mass is 10.2. The molecule has 2 aromatic carbocycles. The zero-order valence-corrected chi connectivity index (χ0v) is 15.7. The largest absolute Gasteiger partial charge is 0.449 e. The van der Waals surface area contributed by atoms with Gasteiger partial charge in [-0.25, -0.2) is 4.79 Å². The zero-order valence-electron chi connectivity index (χ0n) is 15.7. The Bertz CT molecular complexity index is 957. The van der Waals surface area contributed by atoms with Gasteiger partial charge in [-0.05, 0) is 43.7 Å². The van der Waals surface area contributed by atoms with Crippen molar-refractivity contribution in [1.82, 2.24) is 0 Å². The second-order valence-electron chi connectivity index (χ2n) is 6.51. The summed E-state index contributed by atoms with van der Waals surface area (Å²) in [7, 11) is 0. The van der Waals surface area contributed by atoms with Crippen molar-refractivity contribution in [3.05, 3.63) is 64.2 Å². The molecule has 2 aromatic rings. The molecule has 1 atom stereocenters. The third-order valence-electron chi connectivity index (χ3n) is 4.50. The maximum Gasteiger partial charge on any atom is 0.338 e. The molecule has 1 aliphatic heterocycles. The molecule has 0 unspecified atom stereocenters. The molecule has 1 aliphatic rings. The molecule has 1 heterocycles. The van der Waals surface area contributed by atoms with Crippen molar-refractivity contribution in [2.45, 2.75) is 25.9 Å². The van der Waals surface area contributed by atoms with Crippen LogP contribution in [0.1, 0.15) is 30.1 Å². The Hall–Kier alpha value is -3.75. The summed E-state index contributed by atoms with van der Waals surface area (Å²) in [5.41, 5.74) is 0.688. The third-order valence-corrected chi connectivity index (χ3v) is 4.50. The number of benzene rings is 2. The number of hydrogen-bond donors (Lipinski definition) is 1. The van der Waals surface area contributed by atoms with Gasteiger partial charge in [0.05, 0.1) is 10.5 Å². The first-order valence-corrected chi connectivity index (χ1v) is 9.02. The highest BCUT2D eigenvalue weighted by Crippen LogP contribution is 2.24. The Balaban J connectivity index is 1.62. The number of ether oxygens (including phenoxy) is 1. The molecular formula is C20H19N3O6. The van der Waals surface area contributed by atoms with Crippen LogP contribution in [0.2, 0.25) is 0 Å². The minimum atomic E-state index is -1.16. The van der Waals surface area contributed by atoms with Crippen LogP contribution in [0.4, 0.5) is 17.1 Å². The number of nitro benzene ring substituents is 1. The predicted octanol–water partition coefficient (Wildman–Crippen LogP) is 2.91. The highest BCUT2D eigenvalue weighted by molar-refractivity contribution is 5.99. The molecule has 1 fully saturated rings.